The maximum absolute atomic E-state index is 14.6. The van der Waals surface area contributed by atoms with Crippen LogP contribution in [0.3, 0.4) is 0 Å². The summed E-state index contributed by atoms with van der Waals surface area (Å²) in [4.78, 5) is 2.44. The number of rotatable bonds is 1. The van der Waals surface area contributed by atoms with E-state index in [1.54, 1.807) is 0 Å². The van der Waals surface area contributed by atoms with E-state index >= 15 is 0 Å². The summed E-state index contributed by atoms with van der Waals surface area (Å²) in [6.07, 6.45) is 0. The summed E-state index contributed by atoms with van der Waals surface area (Å²) in [5.41, 5.74) is 3.81. The fourth-order valence-electron chi connectivity index (χ4n) is 4.69. The first-order valence-corrected chi connectivity index (χ1v) is 8.70. The van der Waals surface area contributed by atoms with Crippen molar-refractivity contribution in [3.63, 3.8) is 0 Å². The van der Waals surface area contributed by atoms with E-state index in [9.17, 15) is 8.78 Å². The Bertz CT molecular complexity index is 727. The number of alkyl halides is 2. The van der Waals surface area contributed by atoms with Crippen LogP contribution >= 0.6 is 0 Å². The minimum atomic E-state index is -2.62. The number of nitrogens with zero attached hydrogens (tertiary/aromatic N) is 1. The second-order valence-electron chi connectivity index (χ2n) is 7.08. The van der Waals surface area contributed by atoms with Gasteiger partial charge in [0.15, 0.2) is 0 Å². The molecule has 5 rings (SSSR count). The average Bonchev–Trinajstić information content (AvgIpc) is 3.22. The van der Waals surface area contributed by atoms with Crippen LogP contribution in [0.2, 0.25) is 0 Å². The van der Waals surface area contributed by atoms with Gasteiger partial charge in [0.1, 0.15) is 0 Å². The molecular weight excluding hydrogens is 306 g/mol. The minimum Gasteiger partial charge on any atom is -0.314 e. The standard InChI is InChI=1S/C20H20F2N2/c21-20(22)17-13-5-1-3-7-15(13)19(24-11-9-23-10-12-24)16-8-4-2-6-14(16)18(17)20/h1-8,17-19,23H,9-12H2. The Labute approximate surface area is 140 Å². The largest absolute Gasteiger partial charge is 0.314 e. The fraction of sp³-hybridized carbons (Fsp3) is 0.400. The van der Waals surface area contributed by atoms with Crippen molar-refractivity contribution in [2.45, 2.75) is 23.8 Å². The molecular formula is C20H20F2N2. The van der Waals surface area contributed by atoms with Gasteiger partial charge in [0, 0.05) is 26.2 Å². The number of nitrogens with one attached hydrogen (secondary N) is 1. The smallest absolute Gasteiger partial charge is 0.263 e. The van der Waals surface area contributed by atoms with Crippen LogP contribution in [-0.2, 0) is 0 Å². The van der Waals surface area contributed by atoms with Gasteiger partial charge in [-0.2, -0.15) is 0 Å². The van der Waals surface area contributed by atoms with Crippen molar-refractivity contribution in [1.82, 2.24) is 10.2 Å². The van der Waals surface area contributed by atoms with Crippen LogP contribution in [0, 0.1) is 0 Å². The lowest BCUT2D eigenvalue weighted by Crippen LogP contribution is -2.45. The Balaban J connectivity index is 1.73. The zero-order valence-electron chi connectivity index (χ0n) is 13.4. The Kier molecular flexibility index (Phi) is 3.10. The highest BCUT2D eigenvalue weighted by atomic mass is 19.3. The molecule has 0 aromatic heterocycles. The predicted molar refractivity (Wildman–Crippen MR) is 89.6 cm³/mol. The van der Waals surface area contributed by atoms with Crippen LogP contribution in [0.15, 0.2) is 48.5 Å². The second kappa shape index (κ2) is 5.11. The summed E-state index contributed by atoms with van der Waals surface area (Å²) >= 11 is 0. The van der Waals surface area contributed by atoms with E-state index in [1.165, 1.54) is 0 Å². The summed E-state index contributed by atoms with van der Waals surface area (Å²) in [5, 5.41) is 3.39. The molecule has 2 aromatic carbocycles. The van der Waals surface area contributed by atoms with E-state index in [0.29, 0.717) is 0 Å². The van der Waals surface area contributed by atoms with Gasteiger partial charge >= 0.3 is 0 Å². The number of halogens is 2. The number of hydrogen-bond donors (Lipinski definition) is 1. The Morgan fingerprint density at radius 3 is 1.75 bits per heavy atom. The number of hydrogen-bond acceptors (Lipinski definition) is 2. The van der Waals surface area contributed by atoms with Gasteiger partial charge in [0.25, 0.3) is 5.92 Å². The van der Waals surface area contributed by atoms with E-state index in [1.807, 2.05) is 36.4 Å². The Hall–Kier alpha value is -1.78. The normalized spacial score (nSPS) is 30.7. The minimum absolute atomic E-state index is 0.0862. The number of piperazine rings is 1. The molecule has 1 aliphatic heterocycles. The molecule has 2 aliphatic carbocycles. The molecule has 0 radical (unpaired) electrons. The molecule has 0 spiro atoms. The van der Waals surface area contributed by atoms with E-state index in [2.05, 4.69) is 22.3 Å². The fourth-order valence-corrected chi connectivity index (χ4v) is 4.69. The van der Waals surface area contributed by atoms with Gasteiger partial charge in [0.2, 0.25) is 0 Å². The lowest BCUT2D eigenvalue weighted by atomic mass is 9.90. The van der Waals surface area contributed by atoms with Crippen LogP contribution in [0.25, 0.3) is 0 Å². The van der Waals surface area contributed by atoms with Crippen molar-refractivity contribution in [3.05, 3.63) is 70.8 Å². The first kappa shape index (κ1) is 14.6. The van der Waals surface area contributed by atoms with Crippen molar-refractivity contribution in [2.24, 2.45) is 0 Å². The Morgan fingerprint density at radius 1 is 0.792 bits per heavy atom. The van der Waals surface area contributed by atoms with E-state index in [4.69, 9.17) is 0 Å². The summed E-state index contributed by atoms with van der Waals surface area (Å²) in [6, 6.07) is 15.8. The van der Waals surface area contributed by atoms with Gasteiger partial charge in [-0.25, -0.2) is 8.78 Å². The third-order valence-electron chi connectivity index (χ3n) is 5.82. The summed E-state index contributed by atoms with van der Waals surface area (Å²) < 4.78 is 29.2. The third-order valence-corrected chi connectivity index (χ3v) is 5.82. The van der Waals surface area contributed by atoms with Crippen LogP contribution < -0.4 is 5.32 Å². The summed E-state index contributed by atoms with van der Waals surface area (Å²) in [5.74, 6) is -3.95. The zero-order valence-corrected chi connectivity index (χ0v) is 13.4. The molecule has 2 nitrogen and oxygen atoms in total. The van der Waals surface area contributed by atoms with Gasteiger partial charge in [-0.05, 0) is 22.3 Å². The first-order chi connectivity index (χ1) is 11.7. The topological polar surface area (TPSA) is 15.3 Å². The molecule has 124 valence electrons. The Morgan fingerprint density at radius 2 is 1.25 bits per heavy atom. The average molecular weight is 326 g/mol. The van der Waals surface area contributed by atoms with Crippen LogP contribution in [0.5, 0.6) is 0 Å². The monoisotopic (exact) mass is 326 g/mol. The molecule has 3 aliphatic rings. The van der Waals surface area contributed by atoms with Gasteiger partial charge in [-0.1, -0.05) is 48.5 Å². The molecule has 24 heavy (non-hydrogen) atoms. The van der Waals surface area contributed by atoms with Crippen LogP contribution in [0.4, 0.5) is 8.78 Å². The predicted octanol–water partition coefficient (Wildman–Crippen LogP) is 3.51. The van der Waals surface area contributed by atoms with Crippen LogP contribution in [-0.4, -0.2) is 37.0 Å². The third kappa shape index (κ3) is 1.93. The molecule has 1 saturated heterocycles. The van der Waals surface area contributed by atoms with E-state index in [0.717, 1.165) is 48.4 Å². The maximum atomic E-state index is 14.6. The number of fused-ring (bicyclic) bond motifs is 5. The molecule has 0 bridgehead atoms. The quantitative estimate of drug-likeness (QED) is 0.863. The first-order valence-electron chi connectivity index (χ1n) is 8.70. The molecule has 0 amide bonds. The van der Waals surface area contributed by atoms with Crippen molar-refractivity contribution in [3.8, 4) is 0 Å². The lowest BCUT2D eigenvalue weighted by molar-refractivity contribution is 0.103. The van der Waals surface area contributed by atoms with Gasteiger partial charge in [-0.15, -0.1) is 0 Å². The summed E-state index contributed by atoms with van der Waals surface area (Å²) in [7, 11) is 0. The highest BCUT2D eigenvalue weighted by molar-refractivity contribution is 5.56. The molecule has 2 fully saturated rings. The molecule has 4 heteroatoms. The second-order valence-corrected chi connectivity index (χ2v) is 7.08. The molecule has 1 N–H and O–H groups in total. The molecule has 2 aromatic rings. The molecule has 2 atom stereocenters. The SMILES string of the molecule is FC1(F)C2c3ccccc3C(N3CCNCC3)c3ccccc3C21. The van der Waals surface area contributed by atoms with Gasteiger partial charge in [0.05, 0.1) is 17.9 Å². The number of benzene rings is 2. The highest BCUT2D eigenvalue weighted by Gasteiger charge is 2.71. The van der Waals surface area contributed by atoms with Crippen molar-refractivity contribution < 1.29 is 8.78 Å². The molecule has 1 saturated carbocycles. The van der Waals surface area contributed by atoms with Crippen molar-refractivity contribution in [1.29, 1.82) is 0 Å². The molecule has 2 unspecified atom stereocenters. The lowest BCUT2D eigenvalue weighted by Gasteiger charge is -2.37. The van der Waals surface area contributed by atoms with E-state index < -0.39 is 17.8 Å². The van der Waals surface area contributed by atoms with E-state index in [-0.39, 0.29) is 6.04 Å². The zero-order chi connectivity index (χ0) is 16.3. The maximum Gasteiger partial charge on any atom is 0.263 e. The van der Waals surface area contributed by atoms with Crippen molar-refractivity contribution in [2.75, 3.05) is 26.2 Å². The van der Waals surface area contributed by atoms with Crippen LogP contribution in [0.1, 0.15) is 40.1 Å². The van der Waals surface area contributed by atoms with Crippen molar-refractivity contribution >= 4 is 0 Å². The van der Waals surface area contributed by atoms with Gasteiger partial charge < -0.3 is 5.32 Å². The highest BCUT2D eigenvalue weighted by Crippen LogP contribution is 2.70. The molecule has 1 heterocycles. The summed E-state index contributed by atoms with van der Waals surface area (Å²) in [6.45, 7) is 3.78. The van der Waals surface area contributed by atoms with Gasteiger partial charge in [-0.3, -0.25) is 4.90 Å².